The average Bonchev–Trinajstić information content (AvgIpc) is 3.17. The Bertz CT molecular complexity index is 901. The van der Waals surface area contributed by atoms with Crippen LogP contribution in [-0.4, -0.2) is 35.0 Å². The number of ketones is 1. The molecule has 2 fully saturated rings. The average molecular weight is 416 g/mol. The molecule has 1 N–H and O–H groups in total. The van der Waals surface area contributed by atoms with Crippen molar-refractivity contribution in [2.24, 2.45) is 22.7 Å². The zero-order valence-corrected chi connectivity index (χ0v) is 17.7. The Morgan fingerprint density at radius 3 is 2.60 bits per heavy atom. The summed E-state index contributed by atoms with van der Waals surface area (Å²) in [6.45, 7) is 6.74. The minimum atomic E-state index is -1.04. The molecule has 3 aliphatic rings. The normalized spacial score (nSPS) is 40.5. The van der Waals surface area contributed by atoms with Gasteiger partial charge < -0.3 is 19.0 Å². The van der Waals surface area contributed by atoms with Gasteiger partial charge in [-0.15, -0.1) is 0 Å². The summed E-state index contributed by atoms with van der Waals surface area (Å²) in [5.41, 5.74) is 0.0324. The van der Waals surface area contributed by atoms with E-state index in [4.69, 9.17) is 13.9 Å². The van der Waals surface area contributed by atoms with Crippen LogP contribution in [0.2, 0.25) is 0 Å². The molecule has 4 rings (SSSR count). The number of aliphatic hydroxyl groups is 1. The Morgan fingerprint density at radius 1 is 1.27 bits per heavy atom. The highest BCUT2D eigenvalue weighted by molar-refractivity contribution is 5.95. The maximum Gasteiger partial charge on any atom is 0.310 e. The number of Topliss-reactive ketones (excluding diaryl/α,β-unsaturated/α-hetero) is 1. The van der Waals surface area contributed by atoms with Crippen LogP contribution in [0.15, 0.2) is 34.7 Å². The second-order valence-corrected chi connectivity index (χ2v) is 9.38. The van der Waals surface area contributed by atoms with Crippen molar-refractivity contribution in [2.45, 2.75) is 65.3 Å². The molecular formula is C23H28O7. The van der Waals surface area contributed by atoms with Crippen LogP contribution in [0.4, 0.5) is 0 Å². The fraction of sp³-hybridized carbons (Fsp3) is 0.609. The van der Waals surface area contributed by atoms with Crippen LogP contribution in [0.1, 0.15) is 58.6 Å². The van der Waals surface area contributed by atoms with Crippen LogP contribution < -0.4 is 0 Å². The third kappa shape index (κ3) is 3.02. The van der Waals surface area contributed by atoms with E-state index in [0.29, 0.717) is 24.8 Å². The van der Waals surface area contributed by atoms with Crippen LogP contribution in [-0.2, 0) is 23.9 Å². The summed E-state index contributed by atoms with van der Waals surface area (Å²) in [5.74, 6) is -1.80. The SMILES string of the molecule is CC(=O)O[C@H]1C=C(C(C)=O)[C@]2(C)CCC3C(=O)OC(c4ccoc4)C[C@]3(C)C2[C@H]1O. The van der Waals surface area contributed by atoms with E-state index in [9.17, 15) is 19.5 Å². The molecule has 2 heterocycles. The van der Waals surface area contributed by atoms with E-state index in [-0.39, 0.29) is 11.8 Å². The quantitative estimate of drug-likeness (QED) is 0.755. The summed E-state index contributed by atoms with van der Waals surface area (Å²) < 4.78 is 16.3. The van der Waals surface area contributed by atoms with Crippen LogP contribution in [0.3, 0.4) is 0 Å². The molecule has 1 saturated carbocycles. The number of aliphatic hydroxyl groups excluding tert-OH is 1. The van der Waals surface area contributed by atoms with E-state index in [2.05, 4.69) is 0 Å². The molecule has 1 aromatic rings. The van der Waals surface area contributed by atoms with Gasteiger partial charge in [-0.25, -0.2) is 0 Å². The standard InChI is InChI=1S/C23H28O7/c1-12(24)16-9-17(29-13(2)25)19(26)20-22(16,3)7-5-15-21(27)30-18(10-23(15,20)4)14-6-8-28-11-14/h6,8-9,11,15,17-20,26H,5,7,10H2,1-4H3/t15?,17-,18?,19-,20?,22-,23-/m0/s1. The first-order valence-corrected chi connectivity index (χ1v) is 10.4. The summed E-state index contributed by atoms with van der Waals surface area (Å²) in [7, 11) is 0. The van der Waals surface area contributed by atoms with Gasteiger partial charge in [0.15, 0.2) is 5.78 Å². The third-order valence-electron chi connectivity index (χ3n) is 7.53. The largest absolute Gasteiger partial charge is 0.472 e. The van der Waals surface area contributed by atoms with Crippen molar-refractivity contribution in [1.29, 1.82) is 0 Å². The van der Waals surface area contributed by atoms with Crippen LogP contribution >= 0.6 is 0 Å². The Labute approximate surface area is 175 Å². The smallest absolute Gasteiger partial charge is 0.310 e. The van der Waals surface area contributed by atoms with Crippen molar-refractivity contribution >= 4 is 17.7 Å². The Morgan fingerprint density at radius 2 is 2.00 bits per heavy atom. The number of furan rings is 1. The van der Waals surface area contributed by atoms with Gasteiger partial charge in [0.1, 0.15) is 12.2 Å². The molecule has 3 unspecified atom stereocenters. The van der Waals surface area contributed by atoms with E-state index in [0.717, 1.165) is 5.56 Å². The van der Waals surface area contributed by atoms with Gasteiger partial charge >= 0.3 is 11.9 Å². The first-order chi connectivity index (χ1) is 14.1. The van der Waals surface area contributed by atoms with Gasteiger partial charge in [0.2, 0.25) is 0 Å². The molecule has 162 valence electrons. The third-order valence-corrected chi connectivity index (χ3v) is 7.53. The zero-order chi connectivity index (χ0) is 21.8. The second-order valence-electron chi connectivity index (χ2n) is 9.38. The fourth-order valence-electron chi connectivity index (χ4n) is 6.36. The Balaban J connectivity index is 1.81. The van der Waals surface area contributed by atoms with Gasteiger partial charge in [0.25, 0.3) is 0 Å². The van der Waals surface area contributed by atoms with Gasteiger partial charge in [0, 0.05) is 29.4 Å². The molecule has 0 radical (unpaired) electrons. The highest BCUT2D eigenvalue weighted by atomic mass is 16.6. The number of fused-ring (bicyclic) bond motifs is 3. The van der Waals surface area contributed by atoms with Gasteiger partial charge in [-0.1, -0.05) is 13.8 Å². The molecule has 30 heavy (non-hydrogen) atoms. The predicted octanol–water partition coefficient (Wildman–Crippen LogP) is 3.13. The number of carbonyl (C=O) groups excluding carboxylic acids is 3. The van der Waals surface area contributed by atoms with Crippen LogP contribution in [0.25, 0.3) is 0 Å². The fourth-order valence-corrected chi connectivity index (χ4v) is 6.36. The van der Waals surface area contributed by atoms with Crippen molar-refractivity contribution in [2.75, 3.05) is 0 Å². The van der Waals surface area contributed by atoms with Crippen molar-refractivity contribution in [3.8, 4) is 0 Å². The number of esters is 2. The molecule has 0 amide bonds. The van der Waals surface area contributed by atoms with Crippen molar-refractivity contribution in [1.82, 2.24) is 0 Å². The maximum absolute atomic E-state index is 13.0. The van der Waals surface area contributed by atoms with E-state index in [1.165, 1.54) is 20.1 Å². The number of ether oxygens (including phenoxy) is 2. The molecular weight excluding hydrogens is 388 g/mol. The molecule has 0 spiro atoms. The molecule has 1 saturated heterocycles. The van der Waals surface area contributed by atoms with Gasteiger partial charge in [-0.2, -0.15) is 0 Å². The number of hydrogen-bond acceptors (Lipinski definition) is 7. The minimum absolute atomic E-state index is 0.113. The Hall–Kier alpha value is -2.41. The molecule has 0 bridgehead atoms. The lowest BCUT2D eigenvalue weighted by Gasteiger charge is -2.61. The minimum Gasteiger partial charge on any atom is -0.472 e. The monoisotopic (exact) mass is 416 g/mol. The number of cyclic esters (lactones) is 1. The Kier molecular flexibility index (Phi) is 4.92. The van der Waals surface area contributed by atoms with Crippen LogP contribution in [0, 0.1) is 22.7 Å². The zero-order valence-electron chi connectivity index (χ0n) is 17.7. The van der Waals surface area contributed by atoms with Crippen LogP contribution in [0.5, 0.6) is 0 Å². The highest BCUT2D eigenvalue weighted by Crippen LogP contribution is 2.65. The predicted molar refractivity (Wildman–Crippen MR) is 105 cm³/mol. The van der Waals surface area contributed by atoms with Gasteiger partial charge in [0.05, 0.1) is 24.5 Å². The van der Waals surface area contributed by atoms with E-state index >= 15 is 0 Å². The second kappa shape index (κ2) is 7.08. The van der Waals surface area contributed by atoms with Gasteiger partial charge in [-0.3, -0.25) is 14.4 Å². The first-order valence-electron chi connectivity index (χ1n) is 10.4. The summed E-state index contributed by atoms with van der Waals surface area (Å²) in [6, 6.07) is 1.77. The number of rotatable bonds is 3. The summed E-state index contributed by atoms with van der Waals surface area (Å²) >= 11 is 0. The topological polar surface area (TPSA) is 103 Å². The molecule has 2 aliphatic carbocycles. The summed E-state index contributed by atoms with van der Waals surface area (Å²) in [5, 5.41) is 11.4. The summed E-state index contributed by atoms with van der Waals surface area (Å²) in [6.07, 6.45) is 3.85. The number of allylic oxidation sites excluding steroid dienone is 1. The van der Waals surface area contributed by atoms with E-state index < -0.39 is 46.9 Å². The number of hydrogen-bond donors (Lipinski definition) is 1. The summed E-state index contributed by atoms with van der Waals surface area (Å²) in [4.78, 5) is 37.2. The number of carbonyl (C=O) groups is 3. The van der Waals surface area contributed by atoms with E-state index in [1.807, 2.05) is 13.8 Å². The molecule has 1 aromatic heterocycles. The lowest BCUT2D eigenvalue weighted by Crippen LogP contribution is -2.63. The van der Waals surface area contributed by atoms with E-state index in [1.54, 1.807) is 18.4 Å². The molecule has 7 heteroatoms. The highest BCUT2D eigenvalue weighted by Gasteiger charge is 2.65. The van der Waals surface area contributed by atoms with Crippen molar-refractivity contribution in [3.63, 3.8) is 0 Å². The molecule has 7 atom stereocenters. The van der Waals surface area contributed by atoms with Crippen molar-refractivity contribution in [3.05, 3.63) is 35.8 Å². The molecule has 1 aliphatic heterocycles. The lowest BCUT2D eigenvalue weighted by molar-refractivity contribution is -0.209. The lowest BCUT2D eigenvalue weighted by atomic mass is 9.44. The molecule has 0 aromatic carbocycles. The maximum atomic E-state index is 13.0. The van der Waals surface area contributed by atoms with Crippen molar-refractivity contribution < 1.29 is 33.4 Å². The molecule has 7 nitrogen and oxygen atoms in total. The first kappa shape index (κ1) is 20.8. The van der Waals surface area contributed by atoms with Gasteiger partial charge in [-0.05, 0) is 43.7 Å².